The van der Waals surface area contributed by atoms with Gasteiger partial charge in [0.25, 0.3) is 0 Å². The normalized spacial score (nSPS) is 11.8. The second-order valence-electron chi connectivity index (χ2n) is 14.6. The maximum absolute atomic E-state index is 9.43. The van der Waals surface area contributed by atoms with Gasteiger partial charge in [-0.25, -0.2) is 0 Å². The molecule has 1 N–H and O–H groups in total. The molecule has 0 bridgehead atoms. The Morgan fingerprint density at radius 3 is 1.21 bits per heavy atom. The highest BCUT2D eigenvalue weighted by molar-refractivity contribution is 4.93. The highest BCUT2D eigenvalue weighted by atomic mass is 16.5. The summed E-state index contributed by atoms with van der Waals surface area (Å²) >= 11 is 0. The van der Waals surface area contributed by atoms with Crippen molar-refractivity contribution in [3.05, 3.63) is 36.6 Å². The van der Waals surface area contributed by atoms with Crippen LogP contribution >= 0.6 is 0 Å². The van der Waals surface area contributed by atoms with Crippen molar-refractivity contribution in [3.63, 3.8) is 0 Å². The minimum Gasteiger partial charge on any atom is -0.396 e. The fourth-order valence-corrected chi connectivity index (χ4v) is 6.52. The summed E-state index contributed by atoms with van der Waals surface area (Å²) in [4.78, 5) is 2.36. The maximum atomic E-state index is 9.43. The van der Waals surface area contributed by atoms with E-state index >= 15 is 0 Å². The van der Waals surface area contributed by atoms with E-state index in [1.54, 1.807) is 0 Å². The Hall–Kier alpha value is -1.06. The Balaban J connectivity index is 3.60. The van der Waals surface area contributed by atoms with Gasteiger partial charge in [-0.2, -0.15) is 0 Å². The van der Waals surface area contributed by atoms with Gasteiger partial charge in [0.2, 0.25) is 0 Å². The number of hydrogen-bond acceptors (Lipinski definition) is 3. The van der Waals surface area contributed by atoms with Gasteiger partial charge in [0.15, 0.2) is 0 Å². The van der Waals surface area contributed by atoms with Crippen LogP contribution in [0.15, 0.2) is 36.6 Å². The minimum absolute atomic E-state index is 0.182. The summed E-state index contributed by atoms with van der Waals surface area (Å²) in [5.41, 5.74) is 1.07. The van der Waals surface area contributed by atoms with Gasteiger partial charge in [-0.3, -0.25) is 0 Å². The zero-order valence-corrected chi connectivity index (χ0v) is 33.0. The molecule has 0 saturated carbocycles. The van der Waals surface area contributed by atoms with Crippen LogP contribution in [-0.2, 0) is 4.74 Å². The Labute approximate surface area is 302 Å². The molecule has 0 aliphatic carbocycles. The predicted molar refractivity (Wildman–Crippen MR) is 216 cm³/mol. The molecule has 3 heteroatoms. The first-order chi connectivity index (χ1) is 23.8. The van der Waals surface area contributed by atoms with Crippen molar-refractivity contribution in [2.75, 3.05) is 32.9 Å². The van der Waals surface area contributed by atoms with Gasteiger partial charge in [0, 0.05) is 38.4 Å². The van der Waals surface area contributed by atoms with E-state index < -0.39 is 0 Å². The number of ether oxygens (including phenoxy) is 1. The molecular weight excluding hydrogens is 587 g/mol. The fraction of sp³-hybridized carbons (Fsp3) is 0.867. The third-order valence-electron chi connectivity index (χ3n) is 9.84. The zero-order chi connectivity index (χ0) is 34.9. The molecule has 0 amide bonds. The lowest BCUT2D eigenvalue weighted by molar-refractivity contribution is 0.107. The highest BCUT2D eigenvalue weighted by Gasteiger charge is 2.07. The number of hydrogen-bond donors (Lipinski definition) is 1. The summed E-state index contributed by atoms with van der Waals surface area (Å²) in [6, 6.07) is 0. The van der Waals surface area contributed by atoms with Gasteiger partial charge < -0.3 is 14.7 Å². The first kappa shape index (κ1) is 46.9. The Bertz CT molecular complexity index is 624. The molecule has 0 aliphatic rings. The number of unbranched alkanes of at least 4 members (excludes halogenated alkanes) is 27. The molecule has 0 saturated heterocycles. The Kier molecular flexibility index (Phi) is 41.2. The smallest absolute Gasteiger partial charge is 0.0641 e. The van der Waals surface area contributed by atoms with Crippen molar-refractivity contribution in [2.45, 2.75) is 219 Å². The van der Waals surface area contributed by atoms with Crippen LogP contribution in [0.4, 0.5) is 0 Å². The number of rotatable bonds is 41. The monoisotopic (exact) mass is 674 g/mol. The molecule has 0 heterocycles. The van der Waals surface area contributed by atoms with Crippen molar-refractivity contribution in [3.8, 4) is 0 Å². The second kappa shape index (κ2) is 42.1. The van der Waals surface area contributed by atoms with Gasteiger partial charge in [-0.1, -0.05) is 180 Å². The standard InChI is InChI=1S/C45H87NO2/c1-4-6-8-10-12-14-16-18-20-22-23-24-25-27-29-31-33-35-37-40-46(45(3)39-42-47)41-44-48-43-38-36-34-32-30-28-26-21-19-17-15-13-11-9-7-5-2/h18-21,47H,3-17,22-44H2,1-2H3/b20-18-,21-19-. The van der Waals surface area contributed by atoms with Crippen LogP contribution in [0.5, 0.6) is 0 Å². The summed E-state index contributed by atoms with van der Waals surface area (Å²) in [5.74, 6) is 0. The fourth-order valence-electron chi connectivity index (χ4n) is 6.52. The largest absolute Gasteiger partial charge is 0.396 e. The van der Waals surface area contributed by atoms with Crippen LogP contribution < -0.4 is 0 Å². The lowest BCUT2D eigenvalue weighted by Gasteiger charge is -2.26. The molecule has 48 heavy (non-hydrogen) atoms. The molecule has 0 radical (unpaired) electrons. The molecule has 0 aliphatic heterocycles. The Morgan fingerprint density at radius 2 is 0.812 bits per heavy atom. The van der Waals surface area contributed by atoms with E-state index in [2.05, 4.69) is 49.6 Å². The van der Waals surface area contributed by atoms with E-state index in [9.17, 15) is 5.11 Å². The molecule has 0 aromatic rings. The van der Waals surface area contributed by atoms with Crippen LogP contribution in [0.25, 0.3) is 0 Å². The van der Waals surface area contributed by atoms with E-state index in [4.69, 9.17) is 4.74 Å². The topological polar surface area (TPSA) is 32.7 Å². The van der Waals surface area contributed by atoms with Gasteiger partial charge in [0.1, 0.15) is 0 Å². The van der Waals surface area contributed by atoms with Gasteiger partial charge in [0.05, 0.1) is 6.61 Å². The highest BCUT2D eigenvalue weighted by Crippen LogP contribution is 2.14. The maximum Gasteiger partial charge on any atom is 0.0641 e. The molecule has 0 rings (SSSR count). The van der Waals surface area contributed by atoms with Gasteiger partial charge in [-0.05, 0) is 64.2 Å². The third kappa shape index (κ3) is 37.8. The molecule has 284 valence electrons. The van der Waals surface area contributed by atoms with E-state index in [0.717, 1.165) is 32.0 Å². The molecule has 0 atom stereocenters. The van der Waals surface area contributed by atoms with Crippen molar-refractivity contribution < 1.29 is 9.84 Å². The van der Waals surface area contributed by atoms with Crippen LogP contribution in [-0.4, -0.2) is 42.9 Å². The minimum atomic E-state index is 0.182. The molecule has 0 spiro atoms. The van der Waals surface area contributed by atoms with E-state index in [0.29, 0.717) is 6.42 Å². The molecule has 0 unspecified atom stereocenters. The molecule has 0 aromatic carbocycles. The summed E-state index contributed by atoms with van der Waals surface area (Å²) in [6.07, 6.45) is 52.2. The molecule has 0 aromatic heterocycles. The quantitative estimate of drug-likeness (QED) is 0.0518. The summed E-state index contributed by atoms with van der Waals surface area (Å²) in [5, 5.41) is 9.43. The molecule has 3 nitrogen and oxygen atoms in total. The predicted octanol–water partition coefficient (Wildman–Crippen LogP) is 14.4. The average Bonchev–Trinajstić information content (AvgIpc) is 3.09. The average molecular weight is 674 g/mol. The lowest BCUT2D eigenvalue weighted by atomic mass is 10.1. The van der Waals surface area contributed by atoms with Gasteiger partial charge >= 0.3 is 0 Å². The van der Waals surface area contributed by atoms with Crippen LogP contribution in [0, 0.1) is 0 Å². The van der Waals surface area contributed by atoms with Crippen LogP contribution in [0.1, 0.15) is 219 Å². The second-order valence-corrected chi connectivity index (χ2v) is 14.6. The van der Waals surface area contributed by atoms with Crippen molar-refractivity contribution in [1.29, 1.82) is 0 Å². The van der Waals surface area contributed by atoms with E-state index in [1.165, 1.54) is 199 Å². The first-order valence-electron chi connectivity index (χ1n) is 21.7. The van der Waals surface area contributed by atoms with E-state index in [-0.39, 0.29) is 6.61 Å². The van der Waals surface area contributed by atoms with Gasteiger partial charge in [-0.15, -0.1) is 0 Å². The number of nitrogens with zero attached hydrogens (tertiary/aromatic N) is 1. The summed E-state index contributed by atoms with van der Waals surface area (Å²) < 4.78 is 6.00. The number of allylic oxidation sites excluding steroid dienone is 4. The van der Waals surface area contributed by atoms with Crippen LogP contribution in [0.2, 0.25) is 0 Å². The summed E-state index contributed by atoms with van der Waals surface area (Å²) in [7, 11) is 0. The third-order valence-corrected chi connectivity index (χ3v) is 9.84. The first-order valence-corrected chi connectivity index (χ1v) is 21.7. The lowest BCUT2D eigenvalue weighted by Crippen LogP contribution is -2.28. The van der Waals surface area contributed by atoms with Crippen molar-refractivity contribution >= 4 is 0 Å². The number of aliphatic hydroxyl groups is 1. The van der Waals surface area contributed by atoms with Crippen molar-refractivity contribution in [1.82, 2.24) is 4.90 Å². The van der Waals surface area contributed by atoms with Crippen LogP contribution in [0.3, 0.4) is 0 Å². The molecule has 0 fully saturated rings. The number of aliphatic hydroxyl groups excluding tert-OH is 1. The SMILES string of the molecule is C=C(CCO)N(CCCCCCCCCCC/C=C\CCCCCCCC)CCOCCCCCCCC/C=C\CCCCCCCC. The van der Waals surface area contributed by atoms with Crippen molar-refractivity contribution in [2.24, 2.45) is 0 Å². The summed E-state index contributed by atoms with van der Waals surface area (Å²) in [6.45, 7) is 12.6. The van der Waals surface area contributed by atoms with E-state index in [1.807, 2.05) is 0 Å². The molecular formula is C45H87NO2. The Morgan fingerprint density at radius 1 is 0.458 bits per heavy atom. The zero-order valence-electron chi connectivity index (χ0n) is 33.0.